The van der Waals surface area contributed by atoms with E-state index in [-0.39, 0.29) is 45.0 Å². The molecule has 4 rings (SSSR count). The third-order valence-corrected chi connectivity index (χ3v) is 8.43. The summed E-state index contributed by atoms with van der Waals surface area (Å²) in [6, 6.07) is 5.37. The topological polar surface area (TPSA) is 66.4 Å². The number of carbonyl (C=O) groups is 1. The standard InChI is InChI=1S/C22H25Cl5N4O2S/c1-21(2)13(7-15(23)24)17(21)18(33)28-19(22(25,26)27)29-20(34)30-8-11-6-12(10-30)14-4-3-5-16(32)31(14)9-11/h3-5,7,11-13,17,19H,6,8-10H2,1-2H3,(H,28,33)(H,29,34)/t11-,12+,13+,17+,19+/m0/s1. The number of nitrogens with zero attached hydrogens (tertiary/aromatic N) is 2. The highest BCUT2D eigenvalue weighted by Gasteiger charge is 2.61. The Kier molecular flexibility index (Phi) is 7.47. The number of fused-ring (bicyclic) bond motifs is 4. The van der Waals surface area contributed by atoms with E-state index in [1.54, 1.807) is 18.2 Å². The summed E-state index contributed by atoms with van der Waals surface area (Å²) in [5.74, 6) is -0.329. The molecule has 34 heavy (non-hydrogen) atoms. The molecule has 0 aromatic carbocycles. The zero-order valence-corrected chi connectivity index (χ0v) is 23.1. The van der Waals surface area contributed by atoms with Gasteiger partial charge in [0.15, 0.2) is 5.11 Å². The van der Waals surface area contributed by atoms with Gasteiger partial charge in [0, 0.05) is 37.3 Å². The molecule has 1 aromatic rings. The SMILES string of the molecule is CC1(C)[C@H](C=C(Cl)Cl)[C@@H]1C(=O)N[C@H](NC(=S)N1C[C@@H]2C[C@H](C1)c1cccc(=O)n1C2)C(Cl)(Cl)Cl. The van der Waals surface area contributed by atoms with Crippen molar-refractivity contribution in [2.75, 3.05) is 13.1 Å². The summed E-state index contributed by atoms with van der Waals surface area (Å²) in [4.78, 5) is 27.3. The molecule has 2 fully saturated rings. The molecule has 1 aliphatic carbocycles. The van der Waals surface area contributed by atoms with Gasteiger partial charge in [-0.05, 0) is 48.0 Å². The Morgan fingerprint density at radius 1 is 1.21 bits per heavy atom. The van der Waals surface area contributed by atoms with E-state index in [9.17, 15) is 9.59 Å². The lowest BCUT2D eigenvalue weighted by atomic mass is 9.83. The lowest BCUT2D eigenvalue weighted by molar-refractivity contribution is -0.123. The van der Waals surface area contributed by atoms with E-state index in [1.807, 2.05) is 29.4 Å². The van der Waals surface area contributed by atoms with Crippen molar-refractivity contribution < 1.29 is 4.79 Å². The Bertz CT molecular complexity index is 1080. The average molecular weight is 587 g/mol. The van der Waals surface area contributed by atoms with Gasteiger partial charge in [0.25, 0.3) is 5.56 Å². The minimum atomic E-state index is -1.85. The van der Waals surface area contributed by atoms with Crippen molar-refractivity contribution in [2.24, 2.45) is 23.2 Å². The second-order valence-corrected chi connectivity index (χ2v) is 13.6. The maximum atomic E-state index is 13.0. The van der Waals surface area contributed by atoms with Gasteiger partial charge in [0.1, 0.15) is 10.7 Å². The van der Waals surface area contributed by atoms with E-state index in [1.165, 1.54) is 0 Å². The predicted molar refractivity (Wildman–Crippen MR) is 142 cm³/mol. The van der Waals surface area contributed by atoms with Crippen LogP contribution in [0.25, 0.3) is 0 Å². The maximum absolute atomic E-state index is 13.0. The number of rotatable bonds is 4. The molecule has 1 saturated heterocycles. The van der Waals surface area contributed by atoms with E-state index < -0.39 is 9.96 Å². The Labute approximate surface area is 228 Å². The van der Waals surface area contributed by atoms with Crippen molar-refractivity contribution >= 4 is 81.2 Å². The molecular formula is C22H25Cl5N4O2S. The first-order valence-corrected chi connectivity index (χ1v) is 13.2. The molecule has 1 aromatic heterocycles. The fourth-order valence-electron chi connectivity index (χ4n) is 5.33. The molecule has 2 N–H and O–H groups in total. The Hall–Kier alpha value is -0.700. The summed E-state index contributed by atoms with van der Waals surface area (Å²) in [7, 11) is 0. The highest BCUT2D eigenvalue weighted by Crippen LogP contribution is 2.59. The minimum absolute atomic E-state index is 0.0203. The van der Waals surface area contributed by atoms with Crippen molar-refractivity contribution in [2.45, 2.75) is 42.7 Å². The van der Waals surface area contributed by atoms with E-state index in [2.05, 4.69) is 10.6 Å². The van der Waals surface area contributed by atoms with E-state index in [0.29, 0.717) is 24.7 Å². The number of hydrogen-bond acceptors (Lipinski definition) is 3. The van der Waals surface area contributed by atoms with Gasteiger partial charge in [0.2, 0.25) is 9.70 Å². The lowest BCUT2D eigenvalue weighted by Gasteiger charge is -2.44. The molecule has 0 unspecified atom stereocenters. The summed E-state index contributed by atoms with van der Waals surface area (Å²) in [6.45, 7) is 5.84. The number of nitrogens with one attached hydrogen (secondary N) is 2. The first kappa shape index (κ1) is 26.4. The normalized spacial score (nSPS) is 27.8. The zero-order chi connectivity index (χ0) is 25.0. The maximum Gasteiger partial charge on any atom is 0.250 e. The summed E-state index contributed by atoms with van der Waals surface area (Å²) in [6.07, 6.45) is 1.61. The van der Waals surface area contributed by atoms with Crippen LogP contribution in [0.5, 0.6) is 0 Å². The fourth-order valence-corrected chi connectivity index (χ4v) is 6.20. The number of allylic oxidation sites excluding steroid dienone is 1. The van der Waals surface area contributed by atoms with Crippen LogP contribution in [-0.4, -0.2) is 43.5 Å². The van der Waals surface area contributed by atoms with Crippen LogP contribution in [0.2, 0.25) is 0 Å². The molecule has 3 heterocycles. The number of aromatic nitrogens is 1. The molecule has 0 radical (unpaired) electrons. The predicted octanol–water partition coefficient (Wildman–Crippen LogP) is 4.55. The first-order valence-electron chi connectivity index (χ1n) is 10.9. The van der Waals surface area contributed by atoms with Crippen molar-refractivity contribution in [3.63, 3.8) is 0 Å². The van der Waals surface area contributed by atoms with Crippen LogP contribution in [0.4, 0.5) is 0 Å². The van der Waals surface area contributed by atoms with Gasteiger partial charge in [-0.1, -0.05) is 77.9 Å². The summed E-state index contributed by atoms with van der Waals surface area (Å²) in [5.41, 5.74) is 0.704. The van der Waals surface area contributed by atoms with Gasteiger partial charge in [-0.3, -0.25) is 9.59 Å². The molecule has 5 atom stereocenters. The largest absolute Gasteiger partial charge is 0.348 e. The third kappa shape index (κ3) is 5.35. The lowest BCUT2D eigenvalue weighted by Crippen LogP contribution is -2.60. The van der Waals surface area contributed by atoms with Gasteiger partial charge >= 0.3 is 0 Å². The molecule has 3 aliphatic rings. The summed E-state index contributed by atoms with van der Waals surface area (Å²) in [5, 5.41) is 6.22. The fraction of sp³-hybridized carbons (Fsp3) is 0.591. The number of pyridine rings is 1. The van der Waals surface area contributed by atoms with Crippen LogP contribution in [0.3, 0.4) is 0 Å². The first-order chi connectivity index (χ1) is 15.8. The number of likely N-dealkylation sites (tertiary alicyclic amines) is 1. The van der Waals surface area contributed by atoms with Crippen LogP contribution in [0.15, 0.2) is 33.6 Å². The van der Waals surface area contributed by atoms with E-state index >= 15 is 0 Å². The number of alkyl halides is 3. The number of carbonyl (C=O) groups excluding carboxylic acids is 1. The number of piperidine rings is 1. The highest BCUT2D eigenvalue weighted by molar-refractivity contribution is 7.80. The van der Waals surface area contributed by atoms with Crippen LogP contribution in [0, 0.1) is 23.2 Å². The Balaban J connectivity index is 1.45. The van der Waals surface area contributed by atoms with Crippen molar-refractivity contribution in [1.29, 1.82) is 0 Å². The molecule has 2 bridgehead atoms. The molecule has 12 heteroatoms. The number of halogens is 5. The van der Waals surface area contributed by atoms with Crippen molar-refractivity contribution in [1.82, 2.24) is 20.1 Å². The summed E-state index contributed by atoms with van der Waals surface area (Å²) >= 11 is 35.9. The Morgan fingerprint density at radius 2 is 1.91 bits per heavy atom. The molecule has 1 amide bonds. The van der Waals surface area contributed by atoms with Gasteiger partial charge in [0.05, 0.1) is 5.92 Å². The van der Waals surface area contributed by atoms with Gasteiger partial charge < -0.3 is 20.1 Å². The Morgan fingerprint density at radius 3 is 2.56 bits per heavy atom. The van der Waals surface area contributed by atoms with Crippen LogP contribution in [-0.2, 0) is 11.3 Å². The van der Waals surface area contributed by atoms with Crippen LogP contribution >= 0.6 is 70.2 Å². The number of amides is 1. The molecule has 186 valence electrons. The van der Waals surface area contributed by atoms with Crippen molar-refractivity contribution in [3.8, 4) is 0 Å². The second-order valence-electron chi connectivity index (χ2n) is 9.82. The third-order valence-electron chi connectivity index (χ3n) is 7.15. The molecular weight excluding hydrogens is 562 g/mol. The van der Waals surface area contributed by atoms with E-state index in [4.69, 9.17) is 70.2 Å². The minimum Gasteiger partial charge on any atom is -0.348 e. The van der Waals surface area contributed by atoms with Crippen molar-refractivity contribution in [3.05, 3.63) is 44.8 Å². The number of thiocarbonyl (C=S) groups is 1. The number of hydrogen-bond donors (Lipinski definition) is 2. The summed E-state index contributed by atoms with van der Waals surface area (Å²) < 4.78 is 0.122. The van der Waals surface area contributed by atoms with Gasteiger partial charge in [-0.2, -0.15) is 0 Å². The molecule has 6 nitrogen and oxygen atoms in total. The smallest absolute Gasteiger partial charge is 0.250 e. The van der Waals surface area contributed by atoms with Crippen LogP contribution < -0.4 is 16.2 Å². The highest BCUT2D eigenvalue weighted by atomic mass is 35.6. The second kappa shape index (κ2) is 9.64. The average Bonchev–Trinajstić information content (AvgIpc) is 3.26. The quantitative estimate of drug-likeness (QED) is 0.308. The molecule has 1 saturated carbocycles. The molecule has 2 aliphatic heterocycles. The molecule has 0 spiro atoms. The van der Waals surface area contributed by atoms with E-state index in [0.717, 1.165) is 12.1 Å². The zero-order valence-electron chi connectivity index (χ0n) is 18.5. The van der Waals surface area contributed by atoms with Crippen LogP contribution in [0.1, 0.15) is 31.9 Å². The van der Waals surface area contributed by atoms with Gasteiger partial charge in [-0.15, -0.1) is 0 Å². The van der Waals surface area contributed by atoms with Gasteiger partial charge in [-0.25, -0.2) is 0 Å². The monoisotopic (exact) mass is 584 g/mol.